The molecule has 0 spiro atoms. The smallest absolute Gasteiger partial charge is 0.226 e. The number of nitrogens with zero attached hydrogens (tertiary/aromatic N) is 4. The van der Waals surface area contributed by atoms with Crippen LogP contribution < -0.4 is 4.90 Å². The van der Waals surface area contributed by atoms with Gasteiger partial charge in [-0.1, -0.05) is 20.8 Å². The van der Waals surface area contributed by atoms with Gasteiger partial charge in [0.1, 0.15) is 0 Å². The number of fused-ring (bicyclic) bond motifs is 1. The molecule has 0 unspecified atom stereocenters. The molecule has 1 atom stereocenters. The summed E-state index contributed by atoms with van der Waals surface area (Å²) in [6.45, 7) is 11.3. The number of hydrogen-bond donors (Lipinski definition) is 0. The Kier molecular flexibility index (Phi) is 6.13. The Balaban J connectivity index is 1.35. The zero-order valence-corrected chi connectivity index (χ0v) is 18.8. The molecule has 1 aliphatic carbocycles. The molecule has 2 saturated heterocycles. The maximum absolute atomic E-state index is 13.0. The number of likely N-dealkylation sites (tertiary alicyclic amines) is 1. The number of aromatic nitrogens is 1. The van der Waals surface area contributed by atoms with E-state index in [9.17, 15) is 9.59 Å². The third-order valence-corrected chi connectivity index (χ3v) is 7.91. The van der Waals surface area contributed by atoms with E-state index in [4.69, 9.17) is 4.98 Å². The molecule has 160 valence electrons. The number of anilines is 1. The molecule has 2 fully saturated rings. The minimum Gasteiger partial charge on any atom is -0.345 e. The fourth-order valence-corrected chi connectivity index (χ4v) is 5.92. The van der Waals surface area contributed by atoms with E-state index >= 15 is 0 Å². The molecule has 2 aliphatic heterocycles. The molecule has 7 heteroatoms. The van der Waals surface area contributed by atoms with Crippen LogP contribution in [0.4, 0.5) is 5.13 Å². The summed E-state index contributed by atoms with van der Waals surface area (Å²) in [6, 6.07) is 0. The van der Waals surface area contributed by atoms with Gasteiger partial charge < -0.3 is 14.7 Å². The summed E-state index contributed by atoms with van der Waals surface area (Å²) in [4.78, 5) is 37.8. The molecule has 2 amide bonds. The number of aryl methyl sites for hydroxylation is 1. The lowest BCUT2D eigenvalue weighted by atomic mass is 9.89. The normalized spacial score (nSPS) is 23.4. The summed E-state index contributed by atoms with van der Waals surface area (Å²) in [7, 11) is 0. The molecular formula is C22H34N4O2S. The molecule has 1 aromatic heterocycles. The SMILES string of the molecule is CC1CCN(C(=O)[C@H]2CCc3nc(N4CCN(C(=O)C(C)C)CC4)sc3C2)CC1. The Bertz CT molecular complexity index is 746. The second-order valence-corrected chi connectivity index (χ2v) is 10.3. The Hall–Kier alpha value is -1.63. The second kappa shape index (κ2) is 8.62. The molecule has 0 saturated carbocycles. The van der Waals surface area contributed by atoms with Crippen LogP contribution in [0.25, 0.3) is 0 Å². The van der Waals surface area contributed by atoms with Crippen LogP contribution in [0, 0.1) is 17.8 Å². The van der Waals surface area contributed by atoms with Gasteiger partial charge in [0.15, 0.2) is 5.13 Å². The summed E-state index contributed by atoms with van der Waals surface area (Å²) in [6.07, 6.45) is 4.97. The number of rotatable bonds is 3. The molecule has 3 aliphatic rings. The number of thiazole rings is 1. The van der Waals surface area contributed by atoms with E-state index in [1.54, 1.807) is 11.3 Å². The Morgan fingerprint density at radius 3 is 2.34 bits per heavy atom. The van der Waals surface area contributed by atoms with Crippen molar-refractivity contribution in [2.24, 2.45) is 17.8 Å². The van der Waals surface area contributed by atoms with E-state index in [2.05, 4.69) is 16.7 Å². The highest BCUT2D eigenvalue weighted by Gasteiger charge is 2.33. The van der Waals surface area contributed by atoms with Crippen LogP contribution in [0.2, 0.25) is 0 Å². The van der Waals surface area contributed by atoms with Crippen molar-refractivity contribution in [3.05, 3.63) is 10.6 Å². The molecule has 29 heavy (non-hydrogen) atoms. The lowest BCUT2D eigenvalue weighted by Gasteiger charge is -2.35. The summed E-state index contributed by atoms with van der Waals surface area (Å²) < 4.78 is 0. The van der Waals surface area contributed by atoms with Crippen molar-refractivity contribution < 1.29 is 9.59 Å². The van der Waals surface area contributed by atoms with Crippen LogP contribution in [-0.4, -0.2) is 65.9 Å². The number of hydrogen-bond acceptors (Lipinski definition) is 5. The molecule has 0 aromatic carbocycles. The van der Waals surface area contributed by atoms with Gasteiger partial charge in [0.25, 0.3) is 0 Å². The highest BCUT2D eigenvalue weighted by atomic mass is 32.1. The van der Waals surface area contributed by atoms with Crippen LogP contribution in [0.1, 0.15) is 50.6 Å². The fourth-order valence-electron chi connectivity index (χ4n) is 4.68. The third-order valence-electron chi connectivity index (χ3n) is 6.73. The van der Waals surface area contributed by atoms with E-state index in [0.717, 1.165) is 82.4 Å². The number of carbonyl (C=O) groups is 2. The number of piperidine rings is 1. The second-order valence-electron chi connectivity index (χ2n) is 9.28. The van der Waals surface area contributed by atoms with Crippen LogP contribution in [0.5, 0.6) is 0 Å². The summed E-state index contributed by atoms with van der Waals surface area (Å²) in [5.41, 5.74) is 1.20. The first-order valence-corrected chi connectivity index (χ1v) is 12.0. The van der Waals surface area contributed by atoms with Gasteiger partial charge in [-0.3, -0.25) is 9.59 Å². The molecule has 0 N–H and O–H groups in total. The minimum atomic E-state index is 0.0614. The third kappa shape index (κ3) is 4.44. The first kappa shape index (κ1) is 20.6. The summed E-state index contributed by atoms with van der Waals surface area (Å²) in [5.74, 6) is 1.54. The number of piperazine rings is 1. The van der Waals surface area contributed by atoms with Crippen molar-refractivity contribution >= 4 is 28.3 Å². The van der Waals surface area contributed by atoms with Gasteiger partial charge in [-0.2, -0.15) is 0 Å². The molecule has 4 rings (SSSR count). The molecule has 1 aromatic rings. The number of amides is 2. The Morgan fingerprint density at radius 2 is 1.69 bits per heavy atom. The van der Waals surface area contributed by atoms with Crippen molar-refractivity contribution in [3.8, 4) is 0 Å². The van der Waals surface area contributed by atoms with Gasteiger partial charge in [-0.25, -0.2) is 4.98 Å². The highest BCUT2D eigenvalue weighted by Crippen LogP contribution is 2.35. The maximum Gasteiger partial charge on any atom is 0.226 e. The zero-order chi connectivity index (χ0) is 20.5. The van der Waals surface area contributed by atoms with Crippen molar-refractivity contribution in [3.63, 3.8) is 0 Å². The minimum absolute atomic E-state index is 0.0614. The molecule has 3 heterocycles. The molecular weight excluding hydrogens is 384 g/mol. The van der Waals surface area contributed by atoms with Crippen molar-refractivity contribution in [1.82, 2.24) is 14.8 Å². The average Bonchev–Trinajstić information content (AvgIpc) is 3.16. The largest absolute Gasteiger partial charge is 0.345 e. The van der Waals surface area contributed by atoms with Crippen molar-refractivity contribution in [2.75, 3.05) is 44.2 Å². The lowest BCUT2D eigenvalue weighted by Crippen LogP contribution is -2.49. The quantitative estimate of drug-likeness (QED) is 0.757. The fraction of sp³-hybridized carbons (Fsp3) is 0.773. The highest BCUT2D eigenvalue weighted by molar-refractivity contribution is 7.15. The van der Waals surface area contributed by atoms with Gasteiger partial charge in [-0.15, -0.1) is 11.3 Å². The Morgan fingerprint density at radius 1 is 1.00 bits per heavy atom. The van der Waals surface area contributed by atoms with Gasteiger partial charge >= 0.3 is 0 Å². The van der Waals surface area contributed by atoms with E-state index in [1.807, 2.05) is 18.7 Å². The molecule has 0 radical (unpaired) electrons. The van der Waals surface area contributed by atoms with E-state index in [-0.39, 0.29) is 17.7 Å². The van der Waals surface area contributed by atoms with Crippen LogP contribution in [0.3, 0.4) is 0 Å². The van der Waals surface area contributed by atoms with Crippen molar-refractivity contribution in [1.29, 1.82) is 0 Å². The lowest BCUT2D eigenvalue weighted by molar-refractivity contribution is -0.137. The Labute approximate surface area is 178 Å². The van der Waals surface area contributed by atoms with Gasteiger partial charge in [0.05, 0.1) is 5.69 Å². The molecule has 0 bridgehead atoms. The molecule has 6 nitrogen and oxygen atoms in total. The average molecular weight is 419 g/mol. The standard InChI is InChI=1S/C22H34N4O2S/c1-15(2)20(27)25-10-12-26(13-11-25)22-23-18-5-4-17(14-19(18)29-22)21(28)24-8-6-16(3)7-9-24/h15-17H,4-14H2,1-3H3/t17-/m0/s1. The van der Waals surface area contributed by atoms with E-state index < -0.39 is 0 Å². The summed E-state index contributed by atoms with van der Waals surface area (Å²) in [5, 5.41) is 1.08. The topological polar surface area (TPSA) is 56.8 Å². The van der Waals surface area contributed by atoms with Crippen LogP contribution in [-0.2, 0) is 22.4 Å². The monoisotopic (exact) mass is 418 g/mol. The summed E-state index contributed by atoms with van der Waals surface area (Å²) >= 11 is 1.77. The maximum atomic E-state index is 13.0. The van der Waals surface area contributed by atoms with E-state index in [0.29, 0.717) is 5.91 Å². The first-order valence-electron chi connectivity index (χ1n) is 11.2. The predicted molar refractivity (Wildman–Crippen MR) is 116 cm³/mol. The van der Waals surface area contributed by atoms with Crippen LogP contribution >= 0.6 is 11.3 Å². The number of carbonyl (C=O) groups excluding carboxylic acids is 2. The van der Waals surface area contributed by atoms with Gasteiger partial charge in [0.2, 0.25) is 11.8 Å². The van der Waals surface area contributed by atoms with E-state index in [1.165, 1.54) is 10.6 Å². The zero-order valence-electron chi connectivity index (χ0n) is 18.0. The first-order chi connectivity index (χ1) is 13.9. The van der Waals surface area contributed by atoms with Gasteiger partial charge in [0, 0.05) is 56.0 Å². The van der Waals surface area contributed by atoms with Crippen molar-refractivity contribution in [2.45, 2.75) is 52.9 Å². The van der Waals surface area contributed by atoms with Gasteiger partial charge in [-0.05, 0) is 38.0 Å². The van der Waals surface area contributed by atoms with Crippen LogP contribution in [0.15, 0.2) is 0 Å². The predicted octanol–water partition coefficient (Wildman–Crippen LogP) is 2.81.